The van der Waals surface area contributed by atoms with Crippen LogP contribution in [0.15, 0.2) is 58.5 Å². The third kappa shape index (κ3) is 6.85. The number of nitrogens with one attached hydrogen (secondary N) is 2. The minimum Gasteiger partial charge on any atom is -0.481 e. The van der Waals surface area contributed by atoms with Crippen LogP contribution in [0.1, 0.15) is 22.3 Å². The Morgan fingerprint density at radius 2 is 1.77 bits per heavy atom. The first kappa shape index (κ1) is 22.8. The highest BCUT2D eigenvalue weighted by molar-refractivity contribution is 7.89. The SMILES string of the molecule is [N-]=[N+]=NC[C@H](CC(=O)O)NC(=O)c1ccc(CNS(=O)(=O)c2ccc(F)cc2)cc1. The molecular weight excluding hydrogens is 417 g/mol. The summed E-state index contributed by atoms with van der Waals surface area (Å²) in [6.45, 7) is -0.266. The summed E-state index contributed by atoms with van der Waals surface area (Å²) >= 11 is 0. The number of hydrogen-bond donors (Lipinski definition) is 3. The van der Waals surface area contributed by atoms with Crippen LogP contribution in [0.5, 0.6) is 0 Å². The summed E-state index contributed by atoms with van der Waals surface area (Å²) in [7, 11) is -3.83. The predicted octanol–water partition coefficient (Wildman–Crippen LogP) is 2.19. The summed E-state index contributed by atoms with van der Waals surface area (Å²) in [4.78, 5) is 25.6. The van der Waals surface area contributed by atoms with Crippen molar-refractivity contribution < 1.29 is 27.5 Å². The summed E-state index contributed by atoms with van der Waals surface area (Å²) in [5, 5.41) is 14.6. The molecule has 0 radical (unpaired) electrons. The molecule has 2 aromatic rings. The van der Waals surface area contributed by atoms with Crippen molar-refractivity contribution in [2.75, 3.05) is 6.54 Å². The molecule has 12 heteroatoms. The standard InChI is InChI=1S/C18H18FN5O5S/c19-14-5-7-16(8-6-14)30(28,29)22-10-12-1-3-13(4-2-12)18(27)23-15(9-17(25)26)11-21-24-20/h1-8,15,22H,9-11H2,(H,23,27)(H,25,26)/t15-/m0/s1. The molecule has 0 saturated heterocycles. The molecule has 0 saturated carbocycles. The van der Waals surface area contributed by atoms with E-state index < -0.39 is 40.2 Å². The van der Waals surface area contributed by atoms with Gasteiger partial charge in [-0.05, 0) is 47.5 Å². The van der Waals surface area contributed by atoms with E-state index in [9.17, 15) is 22.4 Å². The number of sulfonamides is 1. The molecule has 2 aromatic carbocycles. The van der Waals surface area contributed by atoms with Gasteiger partial charge in [-0.2, -0.15) is 0 Å². The van der Waals surface area contributed by atoms with E-state index in [4.69, 9.17) is 10.6 Å². The third-order valence-corrected chi connectivity index (χ3v) is 5.35. The molecule has 3 N–H and O–H groups in total. The minimum absolute atomic E-state index is 0.0554. The maximum Gasteiger partial charge on any atom is 0.305 e. The summed E-state index contributed by atoms with van der Waals surface area (Å²) < 4.78 is 39.7. The van der Waals surface area contributed by atoms with Crippen LogP contribution in [-0.4, -0.2) is 38.0 Å². The first-order chi connectivity index (χ1) is 14.2. The Labute approximate surface area is 171 Å². The maximum atomic E-state index is 12.9. The fourth-order valence-electron chi connectivity index (χ4n) is 2.43. The normalized spacial score (nSPS) is 11.9. The van der Waals surface area contributed by atoms with Gasteiger partial charge in [-0.1, -0.05) is 17.2 Å². The van der Waals surface area contributed by atoms with E-state index in [1.807, 2.05) is 0 Å². The van der Waals surface area contributed by atoms with Crippen LogP contribution in [-0.2, 0) is 21.4 Å². The van der Waals surface area contributed by atoms with E-state index >= 15 is 0 Å². The number of hydrogen-bond acceptors (Lipinski definition) is 5. The second-order valence-corrected chi connectivity index (χ2v) is 7.92. The lowest BCUT2D eigenvalue weighted by Crippen LogP contribution is -2.38. The van der Waals surface area contributed by atoms with E-state index in [0.717, 1.165) is 24.3 Å². The van der Waals surface area contributed by atoms with Gasteiger partial charge < -0.3 is 10.4 Å². The van der Waals surface area contributed by atoms with Crippen LogP contribution in [0.25, 0.3) is 10.4 Å². The topological polar surface area (TPSA) is 161 Å². The van der Waals surface area contributed by atoms with Crippen LogP contribution in [0.3, 0.4) is 0 Å². The van der Waals surface area contributed by atoms with Gasteiger partial charge >= 0.3 is 5.97 Å². The van der Waals surface area contributed by atoms with Gasteiger partial charge in [0, 0.05) is 29.6 Å². The zero-order valence-corrected chi connectivity index (χ0v) is 16.3. The summed E-state index contributed by atoms with van der Waals surface area (Å²) in [6.07, 6.45) is -0.409. The number of carbonyl (C=O) groups excluding carboxylic acids is 1. The Bertz CT molecular complexity index is 1050. The van der Waals surface area contributed by atoms with E-state index in [2.05, 4.69) is 20.1 Å². The van der Waals surface area contributed by atoms with Crippen LogP contribution in [0, 0.1) is 5.82 Å². The molecule has 0 spiro atoms. The fourth-order valence-corrected chi connectivity index (χ4v) is 3.44. The molecule has 0 aliphatic heterocycles. The molecule has 0 unspecified atom stereocenters. The molecule has 2 rings (SSSR count). The summed E-state index contributed by atoms with van der Waals surface area (Å²) in [5.41, 5.74) is 9.14. The molecule has 10 nitrogen and oxygen atoms in total. The number of rotatable bonds is 10. The van der Waals surface area contributed by atoms with Crippen molar-refractivity contribution in [1.82, 2.24) is 10.0 Å². The van der Waals surface area contributed by atoms with E-state index in [1.165, 1.54) is 24.3 Å². The number of carbonyl (C=O) groups is 2. The molecule has 1 amide bonds. The van der Waals surface area contributed by atoms with Crippen molar-refractivity contribution >= 4 is 21.9 Å². The van der Waals surface area contributed by atoms with Crippen LogP contribution >= 0.6 is 0 Å². The molecule has 1 atom stereocenters. The lowest BCUT2D eigenvalue weighted by molar-refractivity contribution is -0.137. The van der Waals surface area contributed by atoms with Crippen LogP contribution in [0.2, 0.25) is 0 Å². The number of carboxylic acid groups (broad SMARTS) is 1. The van der Waals surface area contributed by atoms with Crippen molar-refractivity contribution in [3.05, 3.63) is 75.9 Å². The van der Waals surface area contributed by atoms with Crippen molar-refractivity contribution in [2.45, 2.75) is 23.9 Å². The molecule has 0 aliphatic rings. The van der Waals surface area contributed by atoms with E-state index in [0.29, 0.717) is 5.56 Å². The largest absolute Gasteiger partial charge is 0.481 e. The molecule has 30 heavy (non-hydrogen) atoms. The zero-order chi connectivity index (χ0) is 22.1. The van der Waals surface area contributed by atoms with Crippen molar-refractivity contribution in [3.63, 3.8) is 0 Å². The monoisotopic (exact) mass is 435 g/mol. The Kier molecular flexibility index (Phi) is 7.87. The summed E-state index contributed by atoms with van der Waals surface area (Å²) in [5.74, 6) is -2.27. The minimum atomic E-state index is -3.83. The highest BCUT2D eigenvalue weighted by atomic mass is 32.2. The highest BCUT2D eigenvalue weighted by Crippen LogP contribution is 2.11. The first-order valence-corrected chi connectivity index (χ1v) is 10.1. The highest BCUT2D eigenvalue weighted by Gasteiger charge is 2.17. The number of carboxylic acids is 1. The number of amides is 1. The van der Waals surface area contributed by atoms with Gasteiger partial charge in [0.1, 0.15) is 5.82 Å². The Balaban J connectivity index is 1.99. The maximum absolute atomic E-state index is 12.9. The van der Waals surface area contributed by atoms with Crippen molar-refractivity contribution in [1.29, 1.82) is 0 Å². The number of aliphatic carboxylic acids is 1. The number of halogens is 1. The van der Waals surface area contributed by atoms with Crippen LogP contribution < -0.4 is 10.0 Å². The van der Waals surface area contributed by atoms with Gasteiger partial charge in [-0.3, -0.25) is 9.59 Å². The molecule has 0 fully saturated rings. The number of benzene rings is 2. The quantitative estimate of drug-likeness (QED) is 0.296. The smallest absolute Gasteiger partial charge is 0.305 e. The Morgan fingerprint density at radius 3 is 2.33 bits per heavy atom. The number of azide groups is 1. The third-order valence-electron chi connectivity index (χ3n) is 3.93. The number of nitrogens with zero attached hydrogens (tertiary/aromatic N) is 3. The lowest BCUT2D eigenvalue weighted by atomic mass is 10.1. The van der Waals surface area contributed by atoms with E-state index in [1.54, 1.807) is 0 Å². The van der Waals surface area contributed by atoms with E-state index in [-0.39, 0.29) is 23.5 Å². The van der Waals surface area contributed by atoms with Gasteiger partial charge in [0.05, 0.1) is 11.3 Å². The predicted molar refractivity (Wildman–Crippen MR) is 104 cm³/mol. The molecule has 0 aliphatic carbocycles. The average Bonchev–Trinajstić information content (AvgIpc) is 2.71. The first-order valence-electron chi connectivity index (χ1n) is 8.59. The van der Waals surface area contributed by atoms with Crippen molar-refractivity contribution in [3.8, 4) is 0 Å². The molecular formula is C18H18FN5O5S. The zero-order valence-electron chi connectivity index (χ0n) is 15.5. The van der Waals surface area contributed by atoms with Gasteiger partial charge in [0.25, 0.3) is 5.91 Å². The fraction of sp³-hybridized carbons (Fsp3) is 0.222. The van der Waals surface area contributed by atoms with Gasteiger partial charge in [-0.15, -0.1) is 0 Å². The Hall–Kier alpha value is -3.47. The molecule has 0 bridgehead atoms. The lowest BCUT2D eigenvalue weighted by Gasteiger charge is -2.14. The second-order valence-electron chi connectivity index (χ2n) is 6.16. The van der Waals surface area contributed by atoms with Crippen molar-refractivity contribution in [2.24, 2.45) is 5.11 Å². The molecule has 0 heterocycles. The van der Waals surface area contributed by atoms with Gasteiger partial charge in [-0.25, -0.2) is 17.5 Å². The molecule has 158 valence electrons. The van der Waals surface area contributed by atoms with Crippen LogP contribution in [0.4, 0.5) is 4.39 Å². The summed E-state index contributed by atoms with van der Waals surface area (Å²) in [6, 6.07) is 9.47. The second kappa shape index (κ2) is 10.3. The molecule has 0 aromatic heterocycles. The van der Waals surface area contributed by atoms with Gasteiger partial charge in [0.2, 0.25) is 10.0 Å². The average molecular weight is 435 g/mol. The van der Waals surface area contributed by atoms with Gasteiger partial charge in [0.15, 0.2) is 0 Å². The Morgan fingerprint density at radius 1 is 1.13 bits per heavy atom.